The van der Waals surface area contributed by atoms with Crippen molar-refractivity contribution >= 4 is 0 Å². The van der Waals surface area contributed by atoms with E-state index in [1.54, 1.807) is 0 Å². The number of nitrogens with zero attached hydrogens (tertiary/aromatic N) is 1. The van der Waals surface area contributed by atoms with Crippen LogP contribution < -0.4 is 5.73 Å². The van der Waals surface area contributed by atoms with E-state index >= 15 is 0 Å². The molecule has 2 aliphatic carbocycles. The Morgan fingerprint density at radius 1 is 1.24 bits per heavy atom. The highest BCUT2D eigenvalue weighted by Gasteiger charge is 2.39. The standard InChI is InChI=1S/C15H30N2/c1-15(2,11-16)6-7-17(3)10-14-9-12-4-5-13(14)8-12/h12-14H,4-11,16H2,1-3H3. The minimum absolute atomic E-state index is 0.308. The fourth-order valence-electron chi connectivity index (χ4n) is 3.69. The van der Waals surface area contributed by atoms with Gasteiger partial charge in [0.05, 0.1) is 0 Å². The molecule has 0 aromatic heterocycles. The predicted molar refractivity (Wildman–Crippen MR) is 73.9 cm³/mol. The molecule has 2 saturated carbocycles. The predicted octanol–water partition coefficient (Wildman–Crippen LogP) is 2.73. The Hall–Kier alpha value is -0.0800. The topological polar surface area (TPSA) is 29.3 Å². The van der Waals surface area contributed by atoms with Gasteiger partial charge in [-0.2, -0.15) is 0 Å². The van der Waals surface area contributed by atoms with E-state index in [4.69, 9.17) is 5.73 Å². The van der Waals surface area contributed by atoms with Crippen LogP contribution in [0.2, 0.25) is 0 Å². The Bertz CT molecular complexity index is 249. The van der Waals surface area contributed by atoms with Crippen molar-refractivity contribution in [2.45, 2.75) is 46.0 Å². The molecule has 2 bridgehead atoms. The molecule has 0 amide bonds. The molecule has 0 aliphatic heterocycles. The van der Waals surface area contributed by atoms with Crippen molar-refractivity contribution in [1.82, 2.24) is 4.90 Å². The van der Waals surface area contributed by atoms with Crippen LogP contribution in [0.5, 0.6) is 0 Å². The van der Waals surface area contributed by atoms with E-state index in [-0.39, 0.29) is 0 Å². The molecular formula is C15H30N2. The Morgan fingerprint density at radius 3 is 2.53 bits per heavy atom. The molecule has 100 valence electrons. The molecule has 3 unspecified atom stereocenters. The second kappa shape index (κ2) is 5.27. The molecule has 2 aliphatic rings. The van der Waals surface area contributed by atoms with Gasteiger partial charge in [-0.1, -0.05) is 20.3 Å². The average Bonchev–Trinajstić information content (AvgIpc) is 2.88. The second-order valence-electron chi connectivity index (χ2n) is 7.32. The largest absolute Gasteiger partial charge is 0.330 e. The van der Waals surface area contributed by atoms with E-state index in [1.165, 1.54) is 45.2 Å². The van der Waals surface area contributed by atoms with Gasteiger partial charge < -0.3 is 10.6 Å². The van der Waals surface area contributed by atoms with Gasteiger partial charge in [0.2, 0.25) is 0 Å². The Balaban J connectivity index is 1.69. The Labute approximate surface area is 107 Å². The van der Waals surface area contributed by atoms with Gasteiger partial charge in [0.25, 0.3) is 0 Å². The highest BCUT2D eigenvalue weighted by atomic mass is 15.1. The van der Waals surface area contributed by atoms with E-state index in [2.05, 4.69) is 25.8 Å². The molecule has 2 nitrogen and oxygen atoms in total. The van der Waals surface area contributed by atoms with Gasteiger partial charge in [-0.3, -0.25) is 0 Å². The third kappa shape index (κ3) is 3.45. The molecular weight excluding hydrogens is 208 g/mol. The van der Waals surface area contributed by atoms with E-state index < -0.39 is 0 Å². The van der Waals surface area contributed by atoms with Crippen LogP contribution in [0.25, 0.3) is 0 Å². The lowest BCUT2D eigenvalue weighted by atomic mass is 9.87. The Kier molecular flexibility index (Phi) is 4.14. The van der Waals surface area contributed by atoms with Crippen LogP contribution in [0.3, 0.4) is 0 Å². The summed E-state index contributed by atoms with van der Waals surface area (Å²) in [5, 5.41) is 0. The van der Waals surface area contributed by atoms with Crippen molar-refractivity contribution in [3.05, 3.63) is 0 Å². The van der Waals surface area contributed by atoms with Crippen molar-refractivity contribution in [3.63, 3.8) is 0 Å². The van der Waals surface area contributed by atoms with Gasteiger partial charge in [0.1, 0.15) is 0 Å². The molecule has 0 aromatic rings. The van der Waals surface area contributed by atoms with Crippen LogP contribution in [0.1, 0.15) is 46.0 Å². The van der Waals surface area contributed by atoms with E-state index in [9.17, 15) is 0 Å². The van der Waals surface area contributed by atoms with E-state index in [0.29, 0.717) is 5.41 Å². The van der Waals surface area contributed by atoms with Gasteiger partial charge in [-0.05, 0) is 69.0 Å². The van der Waals surface area contributed by atoms with Crippen LogP contribution in [0.4, 0.5) is 0 Å². The van der Waals surface area contributed by atoms with Crippen molar-refractivity contribution in [2.24, 2.45) is 28.9 Å². The smallest absolute Gasteiger partial charge is 0.000936 e. The van der Waals surface area contributed by atoms with Gasteiger partial charge in [0, 0.05) is 6.54 Å². The van der Waals surface area contributed by atoms with Gasteiger partial charge in [-0.15, -0.1) is 0 Å². The second-order valence-corrected chi connectivity index (χ2v) is 7.32. The first kappa shape index (κ1) is 13.4. The van der Waals surface area contributed by atoms with Crippen molar-refractivity contribution < 1.29 is 0 Å². The molecule has 2 rings (SSSR count). The van der Waals surface area contributed by atoms with E-state index in [1.807, 2.05) is 0 Å². The van der Waals surface area contributed by atoms with Crippen LogP contribution in [0.15, 0.2) is 0 Å². The summed E-state index contributed by atoms with van der Waals surface area (Å²) in [5.74, 6) is 3.14. The van der Waals surface area contributed by atoms with Crippen LogP contribution >= 0.6 is 0 Å². The summed E-state index contributed by atoms with van der Waals surface area (Å²) in [7, 11) is 2.29. The molecule has 0 radical (unpaired) electrons. The quantitative estimate of drug-likeness (QED) is 0.771. The Morgan fingerprint density at radius 2 is 2.00 bits per heavy atom. The third-order valence-electron chi connectivity index (χ3n) is 5.15. The molecule has 0 heterocycles. The molecule has 2 N–H and O–H groups in total. The summed E-state index contributed by atoms with van der Waals surface area (Å²) in [6.07, 6.45) is 7.30. The maximum absolute atomic E-state index is 5.79. The molecule has 3 atom stereocenters. The maximum atomic E-state index is 5.79. The number of hydrogen-bond donors (Lipinski definition) is 1. The summed E-state index contributed by atoms with van der Waals surface area (Å²) < 4.78 is 0. The summed E-state index contributed by atoms with van der Waals surface area (Å²) in [6.45, 7) is 7.88. The summed E-state index contributed by atoms with van der Waals surface area (Å²) in [5.41, 5.74) is 6.10. The zero-order valence-corrected chi connectivity index (χ0v) is 11.9. The first-order valence-corrected chi connectivity index (χ1v) is 7.39. The molecule has 17 heavy (non-hydrogen) atoms. The van der Waals surface area contributed by atoms with Crippen LogP contribution in [0, 0.1) is 23.2 Å². The lowest BCUT2D eigenvalue weighted by Crippen LogP contribution is -2.33. The highest BCUT2D eigenvalue weighted by molar-refractivity contribution is 4.91. The molecule has 2 heteroatoms. The van der Waals surface area contributed by atoms with Crippen molar-refractivity contribution in [1.29, 1.82) is 0 Å². The minimum Gasteiger partial charge on any atom is -0.330 e. The number of hydrogen-bond acceptors (Lipinski definition) is 2. The average molecular weight is 238 g/mol. The molecule has 0 aromatic carbocycles. The molecule has 0 saturated heterocycles. The van der Waals surface area contributed by atoms with Gasteiger partial charge >= 0.3 is 0 Å². The van der Waals surface area contributed by atoms with Gasteiger partial charge in [-0.25, -0.2) is 0 Å². The zero-order chi connectivity index (χ0) is 12.5. The molecule has 0 spiro atoms. The van der Waals surface area contributed by atoms with Crippen molar-refractivity contribution in [3.8, 4) is 0 Å². The zero-order valence-electron chi connectivity index (χ0n) is 11.9. The van der Waals surface area contributed by atoms with Crippen LogP contribution in [-0.4, -0.2) is 31.6 Å². The number of rotatable bonds is 6. The lowest BCUT2D eigenvalue weighted by molar-refractivity contribution is 0.194. The first-order chi connectivity index (χ1) is 8.00. The summed E-state index contributed by atoms with van der Waals surface area (Å²) >= 11 is 0. The van der Waals surface area contributed by atoms with E-state index in [0.717, 1.165) is 24.3 Å². The number of nitrogens with two attached hydrogens (primary N) is 1. The SMILES string of the molecule is CN(CCC(C)(C)CN)CC1CC2CCC1C2. The number of fused-ring (bicyclic) bond motifs is 2. The molecule has 2 fully saturated rings. The normalized spacial score (nSPS) is 32.6. The fourth-order valence-corrected chi connectivity index (χ4v) is 3.69. The fraction of sp³-hybridized carbons (Fsp3) is 1.00. The van der Waals surface area contributed by atoms with Gasteiger partial charge in [0.15, 0.2) is 0 Å². The van der Waals surface area contributed by atoms with Crippen molar-refractivity contribution in [2.75, 3.05) is 26.7 Å². The third-order valence-corrected chi connectivity index (χ3v) is 5.15. The maximum Gasteiger partial charge on any atom is 0.000936 e. The minimum atomic E-state index is 0.308. The first-order valence-electron chi connectivity index (χ1n) is 7.39. The summed E-state index contributed by atoms with van der Waals surface area (Å²) in [6, 6.07) is 0. The monoisotopic (exact) mass is 238 g/mol. The highest BCUT2D eigenvalue weighted by Crippen LogP contribution is 2.48. The lowest BCUT2D eigenvalue weighted by Gasteiger charge is -2.30. The van der Waals surface area contributed by atoms with Crippen LogP contribution in [-0.2, 0) is 0 Å². The summed E-state index contributed by atoms with van der Waals surface area (Å²) in [4.78, 5) is 2.54.